The van der Waals surface area contributed by atoms with E-state index >= 15 is 0 Å². The predicted molar refractivity (Wildman–Crippen MR) is 93.3 cm³/mol. The summed E-state index contributed by atoms with van der Waals surface area (Å²) >= 11 is 0. The molecule has 6 heteroatoms. The average Bonchev–Trinajstić information content (AvgIpc) is 2.62. The van der Waals surface area contributed by atoms with Gasteiger partial charge in [0.25, 0.3) is 0 Å². The molecule has 1 atom stereocenters. The van der Waals surface area contributed by atoms with Gasteiger partial charge in [0.1, 0.15) is 17.7 Å². The Balaban J connectivity index is 1.54. The number of hydrogen-bond donors (Lipinski definition) is 0. The van der Waals surface area contributed by atoms with Gasteiger partial charge in [-0.25, -0.2) is 9.97 Å². The van der Waals surface area contributed by atoms with Gasteiger partial charge in [0.05, 0.1) is 31.9 Å². The van der Waals surface area contributed by atoms with Crippen LogP contribution in [0.2, 0.25) is 0 Å². The number of carbonyl (C=O) groups excluding carboxylic acids is 1. The molecule has 0 spiro atoms. The number of aryl methyl sites for hydroxylation is 2. The molecule has 1 aromatic carbocycles. The highest BCUT2D eigenvalue weighted by molar-refractivity contribution is 5.76. The fourth-order valence-electron chi connectivity index (χ4n) is 2.90. The molecule has 1 fully saturated rings. The molecule has 0 unspecified atom stereocenters. The van der Waals surface area contributed by atoms with Crippen molar-refractivity contribution >= 4 is 5.91 Å². The van der Waals surface area contributed by atoms with Gasteiger partial charge in [-0.05, 0) is 32.0 Å². The maximum atomic E-state index is 12.5. The number of benzene rings is 1. The summed E-state index contributed by atoms with van der Waals surface area (Å²) < 4.78 is 11.4. The van der Waals surface area contributed by atoms with Crippen LogP contribution in [0.4, 0.5) is 0 Å². The van der Waals surface area contributed by atoms with Crippen LogP contribution in [-0.4, -0.2) is 47.1 Å². The minimum atomic E-state index is -0.201. The minimum absolute atomic E-state index is 0.0757. The molecule has 1 saturated heterocycles. The van der Waals surface area contributed by atoms with Crippen LogP contribution in [-0.2, 0) is 9.53 Å². The molecule has 3 rings (SSSR count). The minimum Gasteiger partial charge on any atom is -0.493 e. The van der Waals surface area contributed by atoms with Crippen molar-refractivity contribution < 1.29 is 14.3 Å². The fourth-order valence-corrected chi connectivity index (χ4v) is 2.90. The van der Waals surface area contributed by atoms with Crippen LogP contribution in [0.5, 0.6) is 5.75 Å². The Bertz CT molecular complexity index is 701. The summed E-state index contributed by atoms with van der Waals surface area (Å²) in [5, 5.41) is 0. The van der Waals surface area contributed by atoms with Crippen LogP contribution in [0, 0.1) is 13.8 Å². The first-order valence-corrected chi connectivity index (χ1v) is 8.51. The van der Waals surface area contributed by atoms with Crippen molar-refractivity contribution in [1.82, 2.24) is 14.9 Å². The van der Waals surface area contributed by atoms with Crippen molar-refractivity contribution in [2.45, 2.75) is 26.4 Å². The van der Waals surface area contributed by atoms with Crippen molar-refractivity contribution in [2.75, 3.05) is 26.3 Å². The molecule has 1 aliphatic heterocycles. The second-order valence-corrected chi connectivity index (χ2v) is 6.09. The summed E-state index contributed by atoms with van der Waals surface area (Å²) in [7, 11) is 0. The maximum Gasteiger partial charge on any atom is 0.226 e. The lowest BCUT2D eigenvalue weighted by Crippen LogP contribution is -2.43. The summed E-state index contributed by atoms with van der Waals surface area (Å²) in [5.41, 5.74) is 1.74. The van der Waals surface area contributed by atoms with Crippen LogP contribution in [0.15, 0.2) is 36.4 Å². The summed E-state index contributed by atoms with van der Waals surface area (Å²) in [5.74, 6) is 1.58. The third kappa shape index (κ3) is 4.76. The molecular weight excluding hydrogens is 318 g/mol. The molecule has 1 aliphatic rings. The largest absolute Gasteiger partial charge is 0.493 e. The first-order chi connectivity index (χ1) is 12.1. The van der Waals surface area contributed by atoms with Crippen LogP contribution >= 0.6 is 0 Å². The monoisotopic (exact) mass is 341 g/mol. The smallest absolute Gasteiger partial charge is 0.226 e. The Kier molecular flexibility index (Phi) is 5.60. The Hall–Kier alpha value is -2.47. The predicted octanol–water partition coefficient (Wildman–Crippen LogP) is 2.46. The van der Waals surface area contributed by atoms with Gasteiger partial charge in [0.15, 0.2) is 0 Å². The SMILES string of the molecule is Cc1cc([C@@H]2CN(C(=O)CCOc3ccccc3)CCO2)nc(C)n1. The zero-order chi connectivity index (χ0) is 17.6. The highest BCUT2D eigenvalue weighted by atomic mass is 16.5. The number of nitrogens with zero attached hydrogens (tertiary/aromatic N) is 3. The van der Waals surface area contributed by atoms with Crippen LogP contribution in [0.3, 0.4) is 0 Å². The molecule has 1 amide bonds. The molecule has 0 N–H and O–H groups in total. The lowest BCUT2D eigenvalue weighted by molar-refractivity contribution is -0.139. The van der Waals surface area contributed by atoms with Gasteiger partial charge in [-0.2, -0.15) is 0 Å². The van der Waals surface area contributed by atoms with Crippen molar-refractivity contribution in [3.8, 4) is 5.75 Å². The summed E-state index contributed by atoms with van der Waals surface area (Å²) in [6.45, 7) is 5.80. The standard InChI is InChI=1S/C19H23N3O3/c1-14-12-17(21-15(2)20-14)18-13-22(9-11-25-18)19(23)8-10-24-16-6-4-3-5-7-16/h3-7,12,18H,8-11,13H2,1-2H3/t18-/m0/s1. The number of morpholine rings is 1. The number of para-hydroxylation sites is 1. The molecule has 0 radical (unpaired) electrons. The van der Waals surface area contributed by atoms with Gasteiger partial charge in [0.2, 0.25) is 5.91 Å². The Morgan fingerprint density at radius 1 is 1.28 bits per heavy atom. The molecule has 6 nitrogen and oxygen atoms in total. The first-order valence-electron chi connectivity index (χ1n) is 8.51. The first kappa shape index (κ1) is 17.4. The van der Waals surface area contributed by atoms with E-state index < -0.39 is 0 Å². The third-order valence-electron chi connectivity index (χ3n) is 4.06. The Labute approximate surface area is 147 Å². The fraction of sp³-hybridized carbons (Fsp3) is 0.421. The zero-order valence-electron chi connectivity index (χ0n) is 14.6. The number of rotatable bonds is 5. The van der Waals surface area contributed by atoms with E-state index in [1.54, 1.807) is 0 Å². The zero-order valence-corrected chi connectivity index (χ0v) is 14.6. The molecule has 0 saturated carbocycles. The van der Waals surface area contributed by atoms with E-state index in [9.17, 15) is 4.79 Å². The average molecular weight is 341 g/mol. The molecule has 0 bridgehead atoms. The highest BCUT2D eigenvalue weighted by Gasteiger charge is 2.26. The highest BCUT2D eigenvalue weighted by Crippen LogP contribution is 2.21. The van der Waals surface area contributed by atoms with Crippen LogP contribution in [0.25, 0.3) is 0 Å². The van der Waals surface area contributed by atoms with Crippen LogP contribution in [0.1, 0.15) is 29.7 Å². The van der Waals surface area contributed by atoms with E-state index in [1.807, 2.05) is 55.1 Å². The van der Waals surface area contributed by atoms with Crippen molar-refractivity contribution in [3.63, 3.8) is 0 Å². The lowest BCUT2D eigenvalue weighted by atomic mass is 10.1. The molecule has 1 aromatic heterocycles. The van der Waals surface area contributed by atoms with E-state index in [2.05, 4.69) is 9.97 Å². The molecule has 0 aliphatic carbocycles. The lowest BCUT2D eigenvalue weighted by Gasteiger charge is -2.32. The Morgan fingerprint density at radius 2 is 2.08 bits per heavy atom. The van der Waals surface area contributed by atoms with E-state index in [-0.39, 0.29) is 12.0 Å². The molecule has 2 heterocycles. The number of carbonyl (C=O) groups is 1. The summed E-state index contributed by atoms with van der Waals surface area (Å²) in [6.07, 6.45) is 0.150. The second kappa shape index (κ2) is 8.07. The molecular formula is C19H23N3O3. The molecule has 25 heavy (non-hydrogen) atoms. The number of hydrogen-bond acceptors (Lipinski definition) is 5. The summed E-state index contributed by atoms with van der Waals surface area (Å²) in [4.78, 5) is 23.0. The van der Waals surface area contributed by atoms with Gasteiger partial charge >= 0.3 is 0 Å². The quantitative estimate of drug-likeness (QED) is 0.836. The normalized spacial score (nSPS) is 17.4. The topological polar surface area (TPSA) is 64.6 Å². The van der Waals surface area contributed by atoms with E-state index in [0.717, 1.165) is 23.0 Å². The van der Waals surface area contributed by atoms with Gasteiger partial charge in [0, 0.05) is 12.2 Å². The Morgan fingerprint density at radius 3 is 2.84 bits per heavy atom. The van der Waals surface area contributed by atoms with Crippen LogP contribution < -0.4 is 4.74 Å². The van der Waals surface area contributed by atoms with E-state index in [0.29, 0.717) is 32.7 Å². The van der Waals surface area contributed by atoms with Crippen molar-refractivity contribution in [3.05, 3.63) is 53.6 Å². The van der Waals surface area contributed by atoms with Crippen molar-refractivity contribution in [2.24, 2.45) is 0 Å². The van der Waals surface area contributed by atoms with Crippen molar-refractivity contribution in [1.29, 1.82) is 0 Å². The van der Waals surface area contributed by atoms with Gasteiger partial charge in [-0.3, -0.25) is 4.79 Å². The molecule has 2 aromatic rings. The summed E-state index contributed by atoms with van der Waals surface area (Å²) in [6, 6.07) is 11.4. The number of amides is 1. The third-order valence-corrected chi connectivity index (χ3v) is 4.06. The van der Waals surface area contributed by atoms with E-state index in [1.165, 1.54) is 0 Å². The second-order valence-electron chi connectivity index (χ2n) is 6.09. The number of ether oxygens (including phenoxy) is 2. The van der Waals surface area contributed by atoms with Gasteiger partial charge in [-0.15, -0.1) is 0 Å². The van der Waals surface area contributed by atoms with Gasteiger partial charge in [-0.1, -0.05) is 18.2 Å². The molecule has 132 valence electrons. The van der Waals surface area contributed by atoms with E-state index in [4.69, 9.17) is 9.47 Å². The number of aromatic nitrogens is 2. The maximum absolute atomic E-state index is 12.5. The van der Waals surface area contributed by atoms with Gasteiger partial charge < -0.3 is 14.4 Å².